The number of hydrogen-bond acceptors (Lipinski definition) is 2. The molecule has 0 aliphatic carbocycles. The first-order valence-electron chi connectivity index (χ1n) is 8.80. The van der Waals surface area contributed by atoms with Crippen LogP contribution in [0.2, 0.25) is 0 Å². The second-order valence-electron chi connectivity index (χ2n) is 7.02. The highest BCUT2D eigenvalue weighted by Crippen LogP contribution is 2.46. The third-order valence-electron chi connectivity index (χ3n) is 4.95. The molecule has 0 bridgehead atoms. The second kappa shape index (κ2) is 6.69. The Labute approximate surface area is 156 Å². The molecule has 0 spiro atoms. The Balaban J connectivity index is 1.74. The highest BCUT2D eigenvalue weighted by molar-refractivity contribution is 7.11. The van der Waals surface area contributed by atoms with Crippen LogP contribution in [0.4, 0.5) is 10.1 Å². The molecule has 0 unspecified atom stereocenters. The van der Waals surface area contributed by atoms with Gasteiger partial charge in [-0.2, -0.15) is 0 Å². The molecule has 26 heavy (non-hydrogen) atoms. The van der Waals surface area contributed by atoms with Crippen LogP contribution in [-0.2, 0) is 4.79 Å². The van der Waals surface area contributed by atoms with Gasteiger partial charge in [-0.1, -0.05) is 50.2 Å². The van der Waals surface area contributed by atoms with E-state index in [1.807, 2.05) is 0 Å². The molecule has 4 rings (SSSR count). The van der Waals surface area contributed by atoms with Gasteiger partial charge in [-0.3, -0.25) is 4.79 Å². The Bertz CT molecular complexity index is 941. The minimum absolute atomic E-state index is 0.0252. The molecule has 0 saturated carbocycles. The van der Waals surface area contributed by atoms with Crippen LogP contribution in [-0.4, -0.2) is 5.91 Å². The molecular formula is C22H20FNOS. The van der Waals surface area contributed by atoms with Gasteiger partial charge in [0.25, 0.3) is 0 Å². The molecule has 1 aliphatic rings. The van der Waals surface area contributed by atoms with Crippen molar-refractivity contribution >= 4 is 22.9 Å². The number of halogens is 1. The molecule has 1 atom stereocenters. The molecule has 1 amide bonds. The zero-order valence-electron chi connectivity index (χ0n) is 14.8. The molecule has 0 radical (unpaired) electrons. The summed E-state index contributed by atoms with van der Waals surface area (Å²) in [7, 11) is 0. The predicted molar refractivity (Wildman–Crippen MR) is 105 cm³/mol. The van der Waals surface area contributed by atoms with Gasteiger partial charge in [-0.05, 0) is 34.7 Å². The third kappa shape index (κ3) is 3.06. The Morgan fingerprint density at radius 2 is 1.77 bits per heavy atom. The number of fused-ring (bicyclic) bond motifs is 1. The smallest absolute Gasteiger partial charge is 0.225 e. The van der Waals surface area contributed by atoms with E-state index in [9.17, 15) is 9.18 Å². The number of anilines is 1. The van der Waals surface area contributed by atoms with E-state index in [1.54, 1.807) is 23.5 Å². The fourth-order valence-corrected chi connectivity index (χ4v) is 4.61. The predicted octanol–water partition coefficient (Wildman–Crippen LogP) is 6.15. The number of carbonyl (C=O) groups is 1. The Morgan fingerprint density at radius 3 is 2.42 bits per heavy atom. The lowest BCUT2D eigenvalue weighted by atomic mass is 9.88. The van der Waals surface area contributed by atoms with Gasteiger partial charge in [0.1, 0.15) is 5.82 Å². The number of benzene rings is 2. The molecule has 3 aromatic rings. The average molecular weight is 365 g/mol. The van der Waals surface area contributed by atoms with Crippen molar-refractivity contribution in [2.24, 2.45) is 0 Å². The van der Waals surface area contributed by atoms with E-state index in [4.69, 9.17) is 0 Å². The SMILES string of the molecule is CC(C)c1ccc([C@@H]2CC(=O)Nc3c(-c4ccc(F)cc4)csc32)cc1. The van der Waals surface area contributed by atoms with E-state index in [1.165, 1.54) is 22.6 Å². The number of hydrogen-bond donors (Lipinski definition) is 1. The third-order valence-corrected chi connectivity index (χ3v) is 6.05. The molecule has 2 heterocycles. The normalized spacial score (nSPS) is 16.5. The van der Waals surface area contributed by atoms with Crippen molar-refractivity contribution in [1.29, 1.82) is 0 Å². The minimum atomic E-state index is -0.259. The van der Waals surface area contributed by atoms with Crippen molar-refractivity contribution in [2.75, 3.05) is 5.32 Å². The Hall–Kier alpha value is -2.46. The summed E-state index contributed by atoms with van der Waals surface area (Å²) in [5.41, 5.74) is 5.21. The van der Waals surface area contributed by atoms with Crippen LogP contribution in [0.5, 0.6) is 0 Å². The highest BCUT2D eigenvalue weighted by atomic mass is 32.1. The largest absolute Gasteiger partial charge is 0.325 e. The lowest BCUT2D eigenvalue weighted by molar-refractivity contribution is -0.116. The number of carbonyl (C=O) groups excluding carboxylic acids is 1. The standard InChI is InChI=1S/C22H20FNOS/c1-13(2)14-3-5-15(6-4-14)18-11-20(25)24-21-19(12-26-22(18)21)16-7-9-17(23)10-8-16/h3-10,12-13,18H,11H2,1-2H3,(H,24,25)/t18-/m0/s1. The molecular weight excluding hydrogens is 345 g/mol. The molecule has 132 valence electrons. The topological polar surface area (TPSA) is 29.1 Å². The first-order valence-corrected chi connectivity index (χ1v) is 9.68. The van der Waals surface area contributed by atoms with Crippen molar-refractivity contribution in [3.05, 3.63) is 75.7 Å². The van der Waals surface area contributed by atoms with Crippen LogP contribution in [0.25, 0.3) is 11.1 Å². The number of amides is 1. The fourth-order valence-electron chi connectivity index (χ4n) is 3.45. The summed E-state index contributed by atoms with van der Waals surface area (Å²) in [6.07, 6.45) is 0.456. The monoisotopic (exact) mass is 365 g/mol. The van der Waals surface area contributed by atoms with Gasteiger partial charge >= 0.3 is 0 Å². The Morgan fingerprint density at radius 1 is 1.08 bits per heavy atom. The first-order chi connectivity index (χ1) is 12.5. The zero-order chi connectivity index (χ0) is 18.3. The van der Waals surface area contributed by atoms with Gasteiger partial charge in [-0.25, -0.2) is 4.39 Å². The maximum absolute atomic E-state index is 13.2. The summed E-state index contributed by atoms with van der Waals surface area (Å²) in [4.78, 5) is 13.5. The van der Waals surface area contributed by atoms with Gasteiger partial charge in [0, 0.05) is 28.2 Å². The maximum Gasteiger partial charge on any atom is 0.225 e. The van der Waals surface area contributed by atoms with E-state index >= 15 is 0 Å². The summed E-state index contributed by atoms with van der Waals surface area (Å²) in [5, 5.41) is 5.08. The van der Waals surface area contributed by atoms with Crippen molar-refractivity contribution in [3.8, 4) is 11.1 Å². The summed E-state index contributed by atoms with van der Waals surface area (Å²) in [6.45, 7) is 4.35. The van der Waals surface area contributed by atoms with Crippen LogP contribution in [0, 0.1) is 5.82 Å². The maximum atomic E-state index is 13.2. The van der Waals surface area contributed by atoms with E-state index in [0.717, 1.165) is 22.4 Å². The van der Waals surface area contributed by atoms with Gasteiger partial charge in [0.05, 0.1) is 5.69 Å². The lowest BCUT2D eigenvalue weighted by Gasteiger charge is -2.24. The van der Waals surface area contributed by atoms with Crippen molar-refractivity contribution in [3.63, 3.8) is 0 Å². The summed E-state index contributed by atoms with van der Waals surface area (Å²) < 4.78 is 13.2. The Kier molecular flexibility index (Phi) is 4.37. The summed E-state index contributed by atoms with van der Waals surface area (Å²) >= 11 is 1.66. The molecule has 1 aliphatic heterocycles. The van der Waals surface area contributed by atoms with E-state index in [0.29, 0.717) is 12.3 Å². The van der Waals surface area contributed by atoms with Crippen LogP contribution < -0.4 is 5.32 Å². The molecule has 1 aromatic heterocycles. The van der Waals surface area contributed by atoms with E-state index < -0.39 is 0 Å². The number of nitrogens with one attached hydrogen (secondary N) is 1. The van der Waals surface area contributed by atoms with E-state index in [-0.39, 0.29) is 17.6 Å². The quantitative estimate of drug-likeness (QED) is 0.592. The second-order valence-corrected chi connectivity index (χ2v) is 7.93. The highest BCUT2D eigenvalue weighted by Gasteiger charge is 2.30. The van der Waals surface area contributed by atoms with Gasteiger partial charge in [0.2, 0.25) is 5.91 Å². The number of thiophene rings is 1. The molecule has 2 aromatic carbocycles. The average Bonchev–Trinajstić information content (AvgIpc) is 3.05. The number of rotatable bonds is 3. The minimum Gasteiger partial charge on any atom is -0.325 e. The van der Waals surface area contributed by atoms with Crippen molar-refractivity contribution in [2.45, 2.75) is 32.1 Å². The molecule has 0 fully saturated rings. The van der Waals surface area contributed by atoms with Crippen LogP contribution >= 0.6 is 11.3 Å². The van der Waals surface area contributed by atoms with Crippen LogP contribution in [0.3, 0.4) is 0 Å². The molecule has 4 heteroatoms. The molecule has 1 N–H and O–H groups in total. The summed E-state index contributed by atoms with van der Waals surface area (Å²) in [5.74, 6) is 0.322. The summed E-state index contributed by atoms with van der Waals surface area (Å²) in [6, 6.07) is 15.0. The van der Waals surface area contributed by atoms with Gasteiger partial charge in [-0.15, -0.1) is 11.3 Å². The van der Waals surface area contributed by atoms with Gasteiger partial charge < -0.3 is 5.32 Å². The molecule has 2 nitrogen and oxygen atoms in total. The lowest BCUT2D eigenvalue weighted by Crippen LogP contribution is -2.22. The zero-order valence-corrected chi connectivity index (χ0v) is 15.6. The fraction of sp³-hybridized carbons (Fsp3) is 0.227. The van der Waals surface area contributed by atoms with Crippen molar-refractivity contribution < 1.29 is 9.18 Å². The van der Waals surface area contributed by atoms with Gasteiger partial charge in [0.15, 0.2) is 0 Å². The van der Waals surface area contributed by atoms with Crippen LogP contribution in [0.1, 0.15) is 48.1 Å². The first kappa shape index (κ1) is 17.0. The van der Waals surface area contributed by atoms with E-state index in [2.05, 4.69) is 48.8 Å². The van der Waals surface area contributed by atoms with Crippen molar-refractivity contribution in [1.82, 2.24) is 0 Å². The van der Waals surface area contributed by atoms with Crippen LogP contribution in [0.15, 0.2) is 53.9 Å². The molecule has 0 saturated heterocycles.